The molecule has 0 aliphatic carbocycles. The Balaban J connectivity index is 2.04. The van der Waals surface area contributed by atoms with Crippen molar-refractivity contribution in [1.29, 1.82) is 0 Å². The van der Waals surface area contributed by atoms with Crippen LogP contribution in [-0.4, -0.2) is 20.5 Å². The van der Waals surface area contributed by atoms with E-state index in [4.69, 9.17) is 0 Å². The fraction of sp³-hybridized carbons (Fsp3) is 0.435. The first-order valence-electron chi connectivity index (χ1n) is 10.2. The maximum absolute atomic E-state index is 11.4. The van der Waals surface area contributed by atoms with Gasteiger partial charge in [-0.25, -0.2) is 8.37 Å². The van der Waals surface area contributed by atoms with E-state index in [2.05, 4.69) is 27.4 Å². The van der Waals surface area contributed by atoms with Gasteiger partial charge in [0.05, 0.1) is 0 Å². The highest BCUT2D eigenvalue weighted by atomic mass is 32.3. The lowest BCUT2D eigenvalue weighted by molar-refractivity contribution is -0.145. The first-order chi connectivity index (χ1) is 14.0. The van der Waals surface area contributed by atoms with Gasteiger partial charge in [0.1, 0.15) is 0 Å². The maximum atomic E-state index is 11.4. The SMILES string of the molecule is CCCCCCCCC/C=C/C=C/C=C/C=C/C=C/C=C/C(=O)C1OS(=O)(=O)O1. The molecule has 6 heteroatoms. The number of carbonyl (C=O) groups is 1. The minimum atomic E-state index is -3.94. The zero-order valence-electron chi connectivity index (χ0n) is 17.1. The zero-order chi connectivity index (χ0) is 21.2. The van der Waals surface area contributed by atoms with Crippen LogP contribution in [0.3, 0.4) is 0 Å². The number of unbranched alkanes of at least 4 members (excludes halogenated alkanes) is 7. The lowest BCUT2D eigenvalue weighted by Gasteiger charge is -2.21. The van der Waals surface area contributed by atoms with Crippen molar-refractivity contribution >= 4 is 16.2 Å². The Morgan fingerprint density at radius 3 is 1.76 bits per heavy atom. The summed E-state index contributed by atoms with van der Waals surface area (Å²) in [6.45, 7) is 2.24. The molecule has 29 heavy (non-hydrogen) atoms. The van der Waals surface area contributed by atoms with Crippen LogP contribution >= 0.6 is 0 Å². The molecule has 1 aliphatic rings. The van der Waals surface area contributed by atoms with E-state index in [1.165, 1.54) is 57.1 Å². The van der Waals surface area contributed by atoms with Crippen LogP contribution in [0.4, 0.5) is 0 Å². The molecule has 0 aromatic rings. The lowest BCUT2D eigenvalue weighted by atomic mass is 10.1. The first kappa shape index (κ1) is 25.0. The highest BCUT2D eigenvalue weighted by molar-refractivity contribution is 7.82. The number of rotatable bonds is 15. The van der Waals surface area contributed by atoms with E-state index >= 15 is 0 Å². The average molecular weight is 421 g/mol. The van der Waals surface area contributed by atoms with E-state index in [0.717, 1.165) is 6.42 Å². The summed E-state index contributed by atoms with van der Waals surface area (Å²) in [5.74, 6) is -0.557. The maximum Gasteiger partial charge on any atom is 0.405 e. The van der Waals surface area contributed by atoms with Gasteiger partial charge in [-0.2, -0.15) is 8.42 Å². The number of carbonyl (C=O) groups excluding carboxylic acids is 1. The fourth-order valence-corrected chi connectivity index (χ4v) is 3.08. The van der Waals surface area contributed by atoms with Crippen molar-refractivity contribution in [3.63, 3.8) is 0 Å². The summed E-state index contributed by atoms with van der Waals surface area (Å²) in [6.07, 6.45) is 31.0. The molecule has 0 atom stereocenters. The Labute approximate surface area is 175 Å². The Morgan fingerprint density at radius 1 is 0.724 bits per heavy atom. The Bertz CT molecular complexity index is 727. The largest absolute Gasteiger partial charge is 0.405 e. The van der Waals surface area contributed by atoms with Crippen LogP contribution in [0.2, 0.25) is 0 Å². The molecular formula is C23H32O5S. The quantitative estimate of drug-likeness (QED) is 0.194. The average Bonchev–Trinajstić information content (AvgIpc) is 2.67. The fourth-order valence-electron chi connectivity index (χ4n) is 2.45. The van der Waals surface area contributed by atoms with Crippen molar-refractivity contribution < 1.29 is 21.6 Å². The topological polar surface area (TPSA) is 69.7 Å². The van der Waals surface area contributed by atoms with Gasteiger partial charge >= 0.3 is 10.4 Å². The van der Waals surface area contributed by atoms with Gasteiger partial charge in [0, 0.05) is 0 Å². The van der Waals surface area contributed by atoms with Crippen molar-refractivity contribution in [2.24, 2.45) is 0 Å². The van der Waals surface area contributed by atoms with Crippen LogP contribution in [0.25, 0.3) is 0 Å². The zero-order valence-corrected chi connectivity index (χ0v) is 17.9. The molecule has 160 valence electrons. The van der Waals surface area contributed by atoms with Crippen molar-refractivity contribution in [1.82, 2.24) is 0 Å². The van der Waals surface area contributed by atoms with Gasteiger partial charge in [-0.15, -0.1) is 0 Å². The number of allylic oxidation sites excluding steroid dienone is 11. The normalized spacial score (nSPS) is 17.7. The molecule has 0 radical (unpaired) electrons. The smallest absolute Gasteiger partial charge is 0.289 e. The molecule has 0 aromatic carbocycles. The Hall–Kier alpha value is -2.02. The Morgan fingerprint density at radius 2 is 1.21 bits per heavy atom. The van der Waals surface area contributed by atoms with E-state index in [-0.39, 0.29) is 0 Å². The van der Waals surface area contributed by atoms with Crippen LogP contribution in [0, 0.1) is 0 Å². The summed E-state index contributed by atoms with van der Waals surface area (Å²) in [7, 11) is -3.94. The number of hydrogen-bond donors (Lipinski definition) is 0. The van der Waals surface area contributed by atoms with E-state index in [1.54, 1.807) is 12.2 Å². The van der Waals surface area contributed by atoms with Gasteiger partial charge in [-0.3, -0.25) is 4.79 Å². The second-order valence-electron chi connectivity index (χ2n) is 6.57. The molecule has 1 aliphatic heterocycles. The molecule has 5 nitrogen and oxygen atoms in total. The van der Waals surface area contributed by atoms with Crippen LogP contribution in [0.5, 0.6) is 0 Å². The summed E-state index contributed by atoms with van der Waals surface area (Å²) >= 11 is 0. The Kier molecular flexibility index (Phi) is 13.7. The highest BCUT2D eigenvalue weighted by Crippen LogP contribution is 2.18. The predicted octanol–water partition coefficient (Wildman–Crippen LogP) is 5.65. The second-order valence-corrected chi connectivity index (χ2v) is 7.77. The molecule has 0 N–H and O–H groups in total. The van der Waals surface area contributed by atoms with Crippen molar-refractivity contribution in [3.05, 3.63) is 72.9 Å². The van der Waals surface area contributed by atoms with Gasteiger partial charge in [0.15, 0.2) is 0 Å². The van der Waals surface area contributed by atoms with Crippen LogP contribution in [-0.2, 0) is 23.6 Å². The van der Waals surface area contributed by atoms with E-state index in [1.807, 2.05) is 36.5 Å². The van der Waals surface area contributed by atoms with Crippen molar-refractivity contribution in [3.8, 4) is 0 Å². The molecule has 0 bridgehead atoms. The molecule has 0 saturated carbocycles. The molecule has 0 spiro atoms. The second kappa shape index (κ2) is 15.9. The minimum absolute atomic E-state index is 0.557. The molecule has 1 fully saturated rings. The summed E-state index contributed by atoms with van der Waals surface area (Å²) in [5, 5.41) is 0. The molecule has 0 unspecified atom stereocenters. The summed E-state index contributed by atoms with van der Waals surface area (Å²) in [4.78, 5) is 11.4. The molecule has 1 heterocycles. The summed E-state index contributed by atoms with van der Waals surface area (Å²) < 4.78 is 29.7. The number of ketones is 1. The van der Waals surface area contributed by atoms with Gasteiger partial charge in [-0.05, 0) is 18.9 Å². The van der Waals surface area contributed by atoms with Gasteiger partial charge in [-0.1, -0.05) is 112 Å². The first-order valence-corrected chi connectivity index (χ1v) is 11.5. The van der Waals surface area contributed by atoms with Crippen LogP contribution < -0.4 is 0 Å². The standard InChI is InChI=1S/C23H32O5S/c1-2-3-4-5-6-7-8-9-10-11-12-13-14-15-16-17-18-19-20-21-22(24)23-27-29(25,26)28-23/h10-21,23H,2-9H2,1H3/b11-10+,13-12+,15-14+,17-16+,19-18+,21-20+. The molecule has 1 saturated heterocycles. The van der Waals surface area contributed by atoms with Crippen LogP contribution in [0.1, 0.15) is 58.3 Å². The number of hydrogen-bond acceptors (Lipinski definition) is 5. The van der Waals surface area contributed by atoms with Gasteiger partial charge in [0.25, 0.3) is 6.29 Å². The van der Waals surface area contributed by atoms with Crippen molar-refractivity contribution in [2.75, 3.05) is 0 Å². The monoisotopic (exact) mass is 420 g/mol. The molecule has 0 amide bonds. The minimum Gasteiger partial charge on any atom is -0.289 e. The van der Waals surface area contributed by atoms with Gasteiger partial charge < -0.3 is 0 Å². The third-order valence-electron chi connectivity index (χ3n) is 4.01. The lowest BCUT2D eigenvalue weighted by Crippen LogP contribution is -2.41. The van der Waals surface area contributed by atoms with E-state index in [0.29, 0.717) is 0 Å². The molecular weight excluding hydrogens is 388 g/mol. The third kappa shape index (κ3) is 13.7. The van der Waals surface area contributed by atoms with Gasteiger partial charge in [0.2, 0.25) is 5.78 Å². The molecule has 0 aromatic heterocycles. The third-order valence-corrected chi connectivity index (χ3v) is 4.83. The summed E-state index contributed by atoms with van der Waals surface area (Å²) in [5.41, 5.74) is 0. The highest BCUT2D eigenvalue weighted by Gasteiger charge is 2.40. The van der Waals surface area contributed by atoms with Crippen LogP contribution in [0.15, 0.2) is 72.9 Å². The van der Waals surface area contributed by atoms with E-state index in [9.17, 15) is 13.2 Å². The van der Waals surface area contributed by atoms with E-state index < -0.39 is 22.5 Å². The molecule has 1 rings (SSSR count). The van der Waals surface area contributed by atoms with Crippen molar-refractivity contribution in [2.45, 2.75) is 64.6 Å². The summed E-state index contributed by atoms with van der Waals surface area (Å²) in [6, 6.07) is 0. The predicted molar refractivity (Wildman–Crippen MR) is 117 cm³/mol.